The molecule has 3 aliphatic rings. The lowest BCUT2D eigenvalue weighted by Gasteiger charge is -2.49. The van der Waals surface area contributed by atoms with Gasteiger partial charge in [0.05, 0.1) is 0 Å². The van der Waals surface area contributed by atoms with E-state index in [0.717, 1.165) is 25.9 Å². The number of carbonyl (C=O) groups excluding carboxylic acids is 1. The van der Waals surface area contributed by atoms with Crippen molar-refractivity contribution >= 4 is 5.91 Å². The second-order valence-corrected chi connectivity index (χ2v) is 3.96. The Bertz CT molecular complexity index is 210. The maximum atomic E-state index is 11.1. The molecule has 0 saturated carbocycles. The summed E-state index contributed by atoms with van der Waals surface area (Å²) < 4.78 is 0. The molecule has 2 bridgehead atoms. The molecule has 3 fully saturated rings. The van der Waals surface area contributed by atoms with Crippen molar-refractivity contribution in [3.05, 3.63) is 0 Å². The average Bonchev–Trinajstić information content (AvgIpc) is 2.05. The van der Waals surface area contributed by atoms with E-state index >= 15 is 0 Å². The summed E-state index contributed by atoms with van der Waals surface area (Å²) in [7, 11) is 0. The molecule has 1 unspecified atom stereocenters. The van der Waals surface area contributed by atoms with E-state index in [-0.39, 0.29) is 5.91 Å². The zero-order chi connectivity index (χ0) is 8.77. The quantitative estimate of drug-likeness (QED) is 0.523. The number of hydrogen-bond acceptors (Lipinski definition) is 3. The lowest BCUT2D eigenvalue weighted by Crippen LogP contribution is -2.69. The van der Waals surface area contributed by atoms with E-state index in [1.54, 1.807) is 0 Å². The summed E-state index contributed by atoms with van der Waals surface area (Å²) in [6.07, 6.45) is 2.05. The molecule has 1 amide bonds. The predicted molar refractivity (Wildman–Crippen MR) is 45.3 cm³/mol. The normalized spacial score (nSPS) is 46.1. The Morgan fingerprint density at radius 1 is 1.42 bits per heavy atom. The van der Waals surface area contributed by atoms with Crippen LogP contribution in [-0.2, 0) is 4.79 Å². The van der Waals surface area contributed by atoms with Crippen molar-refractivity contribution in [2.24, 2.45) is 17.4 Å². The Morgan fingerprint density at radius 2 is 2.00 bits per heavy atom. The third-order valence-corrected chi connectivity index (χ3v) is 3.26. The summed E-state index contributed by atoms with van der Waals surface area (Å²) in [6.45, 7) is 2.82. The average molecular weight is 169 g/mol. The molecule has 3 aliphatic heterocycles. The molecule has 0 spiro atoms. The van der Waals surface area contributed by atoms with Crippen LogP contribution >= 0.6 is 0 Å². The molecule has 1 atom stereocenters. The van der Waals surface area contributed by atoms with Crippen molar-refractivity contribution in [3.8, 4) is 0 Å². The summed E-state index contributed by atoms with van der Waals surface area (Å²) in [5.41, 5.74) is 10.5. The van der Waals surface area contributed by atoms with Crippen molar-refractivity contribution in [2.75, 3.05) is 19.6 Å². The van der Waals surface area contributed by atoms with Crippen molar-refractivity contribution in [1.29, 1.82) is 0 Å². The van der Waals surface area contributed by atoms with Crippen LogP contribution in [0.1, 0.15) is 12.8 Å². The van der Waals surface area contributed by atoms with Gasteiger partial charge in [0, 0.05) is 6.54 Å². The Hall–Kier alpha value is -0.610. The Labute approximate surface area is 71.9 Å². The first-order chi connectivity index (χ1) is 5.63. The molecule has 4 nitrogen and oxygen atoms in total. The van der Waals surface area contributed by atoms with Crippen LogP contribution in [0.4, 0.5) is 0 Å². The third-order valence-electron chi connectivity index (χ3n) is 3.26. The van der Waals surface area contributed by atoms with Gasteiger partial charge in [0.25, 0.3) is 0 Å². The first-order valence-corrected chi connectivity index (χ1v) is 4.44. The van der Waals surface area contributed by atoms with Crippen LogP contribution in [0, 0.1) is 5.92 Å². The molecule has 3 saturated heterocycles. The predicted octanol–water partition coefficient (Wildman–Crippen LogP) is -1.11. The number of hydrogen-bond donors (Lipinski definition) is 2. The summed E-state index contributed by atoms with van der Waals surface area (Å²) in [6, 6.07) is 0. The number of rotatable bonds is 1. The van der Waals surface area contributed by atoms with Crippen molar-refractivity contribution in [1.82, 2.24) is 4.90 Å². The molecule has 0 aromatic carbocycles. The first kappa shape index (κ1) is 8.01. The highest BCUT2D eigenvalue weighted by Gasteiger charge is 2.47. The van der Waals surface area contributed by atoms with Gasteiger partial charge >= 0.3 is 0 Å². The van der Waals surface area contributed by atoms with E-state index in [9.17, 15) is 4.79 Å². The van der Waals surface area contributed by atoms with Crippen LogP contribution in [0.15, 0.2) is 0 Å². The van der Waals surface area contributed by atoms with Gasteiger partial charge in [0.2, 0.25) is 5.91 Å². The van der Waals surface area contributed by atoms with Gasteiger partial charge in [-0.15, -0.1) is 0 Å². The molecule has 4 N–H and O–H groups in total. The summed E-state index contributed by atoms with van der Waals surface area (Å²) in [4.78, 5) is 13.4. The summed E-state index contributed by atoms with van der Waals surface area (Å²) in [5, 5.41) is 0. The SMILES string of the molecule is NC(=O)C1(N)CN2CCC1CC2. The van der Waals surface area contributed by atoms with Crippen molar-refractivity contribution in [2.45, 2.75) is 18.4 Å². The number of carbonyl (C=O) groups is 1. The van der Waals surface area contributed by atoms with Gasteiger partial charge in [-0.3, -0.25) is 4.79 Å². The fourth-order valence-corrected chi connectivity index (χ4v) is 2.38. The molecule has 0 aromatic rings. The highest BCUT2D eigenvalue weighted by Crippen LogP contribution is 2.33. The zero-order valence-electron chi connectivity index (χ0n) is 7.12. The van der Waals surface area contributed by atoms with E-state index in [1.165, 1.54) is 0 Å². The van der Waals surface area contributed by atoms with E-state index in [1.807, 2.05) is 0 Å². The second-order valence-electron chi connectivity index (χ2n) is 3.96. The molecule has 4 heteroatoms. The fraction of sp³-hybridized carbons (Fsp3) is 0.875. The van der Waals surface area contributed by atoms with Crippen LogP contribution in [0.3, 0.4) is 0 Å². The zero-order valence-corrected chi connectivity index (χ0v) is 7.12. The van der Waals surface area contributed by atoms with Crippen LogP contribution in [-0.4, -0.2) is 36.0 Å². The van der Waals surface area contributed by atoms with E-state index in [0.29, 0.717) is 12.5 Å². The van der Waals surface area contributed by atoms with Crippen LogP contribution in [0.25, 0.3) is 0 Å². The van der Waals surface area contributed by atoms with Gasteiger partial charge in [-0.05, 0) is 31.8 Å². The number of piperidine rings is 3. The largest absolute Gasteiger partial charge is 0.368 e. The first-order valence-electron chi connectivity index (χ1n) is 4.44. The topological polar surface area (TPSA) is 72.3 Å². The van der Waals surface area contributed by atoms with Gasteiger partial charge in [0.1, 0.15) is 5.54 Å². The minimum atomic E-state index is -0.740. The highest BCUT2D eigenvalue weighted by molar-refractivity contribution is 5.85. The van der Waals surface area contributed by atoms with Crippen LogP contribution in [0.2, 0.25) is 0 Å². The lowest BCUT2D eigenvalue weighted by molar-refractivity contribution is -0.130. The van der Waals surface area contributed by atoms with E-state index in [4.69, 9.17) is 11.5 Å². The minimum absolute atomic E-state index is 0.319. The van der Waals surface area contributed by atoms with E-state index < -0.39 is 5.54 Å². The fourth-order valence-electron chi connectivity index (χ4n) is 2.38. The maximum Gasteiger partial charge on any atom is 0.239 e. The Morgan fingerprint density at radius 3 is 2.25 bits per heavy atom. The number of fused-ring (bicyclic) bond motifs is 3. The van der Waals surface area contributed by atoms with Gasteiger partial charge < -0.3 is 16.4 Å². The van der Waals surface area contributed by atoms with Crippen LogP contribution < -0.4 is 11.5 Å². The summed E-state index contributed by atoms with van der Waals surface area (Å²) in [5.74, 6) is -0.0168. The van der Waals surface area contributed by atoms with Gasteiger partial charge in [-0.25, -0.2) is 0 Å². The third kappa shape index (κ3) is 0.949. The van der Waals surface area contributed by atoms with Gasteiger partial charge in [-0.1, -0.05) is 0 Å². The van der Waals surface area contributed by atoms with Gasteiger partial charge in [-0.2, -0.15) is 0 Å². The van der Waals surface area contributed by atoms with Crippen molar-refractivity contribution in [3.63, 3.8) is 0 Å². The number of nitrogens with zero attached hydrogens (tertiary/aromatic N) is 1. The molecule has 3 rings (SSSR count). The molecule has 0 aromatic heterocycles. The lowest BCUT2D eigenvalue weighted by atomic mass is 9.73. The molecule has 0 aliphatic carbocycles. The van der Waals surface area contributed by atoms with Crippen molar-refractivity contribution < 1.29 is 4.79 Å². The highest BCUT2D eigenvalue weighted by atomic mass is 16.1. The molecule has 68 valence electrons. The Balaban J connectivity index is 2.22. The standard InChI is InChI=1S/C8H15N3O/c9-7(12)8(10)5-11-3-1-6(8)2-4-11/h6H,1-5,10H2,(H2,9,12). The van der Waals surface area contributed by atoms with Gasteiger partial charge in [0.15, 0.2) is 0 Å². The number of amides is 1. The Kier molecular flexibility index (Phi) is 1.63. The molecule has 12 heavy (non-hydrogen) atoms. The number of primary amides is 1. The van der Waals surface area contributed by atoms with E-state index in [2.05, 4.69) is 4.90 Å². The van der Waals surface area contributed by atoms with Crippen LogP contribution in [0.5, 0.6) is 0 Å². The monoisotopic (exact) mass is 169 g/mol. The maximum absolute atomic E-state index is 11.1. The minimum Gasteiger partial charge on any atom is -0.368 e. The molecule has 3 heterocycles. The molecular weight excluding hydrogens is 154 g/mol. The summed E-state index contributed by atoms with van der Waals surface area (Å²) >= 11 is 0. The second kappa shape index (κ2) is 2.44. The smallest absolute Gasteiger partial charge is 0.239 e. The molecular formula is C8H15N3O. The molecule has 0 radical (unpaired) electrons. The number of nitrogens with two attached hydrogens (primary N) is 2.